The van der Waals surface area contributed by atoms with Gasteiger partial charge in [-0.25, -0.2) is 4.98 Å². The Labute approximate surface area is 122 Å². The molecule has 19 heavy (non-hydrogen) atoms. The average molecular weight is 280 g/mol. The van der Waals surface area contributed by atoms with E-state index in [2.05, 4.69) is 58.3 Å². The molecular formula is C16H28N2S. The molecule has 1 aromatic heterocycles. The molecule has 1 rings (SSSR count). The van der Waals surface area contributed by atoms with Gasteiger partial charge in [0.1, 0.15) is 0 Å². The highest BCUT2D eigenvalue weighted by atomic mass is 32.1. The number of thiazole rings is 1. The van der Waals surface area contributed by atoms with Gasteiger partial charge in [0, 0.05) is 17.3 Å². The van der Waals surface area contributed by atoms with E-state index in [0.717, 1.165) is 25.2 Å². The quantitative estimate of drug-likeness (QED) is 0.831. The fraction of sp³-hybridized carbons (Fsp3) is 0.688. The third-order valence-electron chi connectivity index (χ3n) is 2.87. The summed E-state index contributed by atoms with van der Waals surface area (Å²) in [7, 11) is 0. The van der Waals surface area contributed by atoms with Gasteiger partial charge in [0.15, 0.2) is 0 Å². The Morgan fingerprint density at radius 1 is 1.42 bits per heavy atom. The van der Waals surface area contributed by atoms with Crippen LogP contribution in [0.2, 0.25) is 0 Å². The highest BCUT2D eigenvalue weighted by Crippen LogP contribution is 2.26. The molecule has 0 aliphatic carbocycles. The second-order valence-corrected chi connectivity index (χ2v) is 7.37. The second-order valence-electron chi connectivity index (χ2n) is 6.51. The van der Waals surface area contributed by atoms with Crippen molar-refractivity contribution in [2.24, 2.45) is 5.92 Å². The SMILES string of the molecule is CCC(=Cc1csc(C(C)(C)C)n1)CNCC(C)C. The molecule has 1 aromatic rings. The van der Waals surface area contributed by atoms with Gasteiger partial charge in [-0.15, -0.1) is 11.3 Å². The van der Waals surface area contributed by atoms with Crippen molar-refractivity contribution < 1.29 is 0 Å². The molecule has 0 saturated carbocycles. The van der Waals surface area contributed by atoms with E-state index in [0.29, 0.717) is 5.92 Å². The lowest BCUT2D eigenvalue weighted by Crippen LogP contribution is -2.21. The van der Waals surface area contributed by atoms with Gasteiger partial charge in [0.25, 0.3) is 0 Å². The molecule has 0 radical (unpaired) electrons. The van der Waals surface area contributed by atoms with Crippen LogP contribution in [0.5, 0.6) is 0 Å². The minimum absolute atomic E-state index is 0.152. The molecule has 0 fully saturated rings. The fourth-order valence-corrected chi connectivity index (χ4v) is 2.57. The van der Waals surface area contributed by atoms with E-state index in [9.17, 15) is 0 Å². The maximum absolute atomic E-state index is 4.73. The van der Waals surface area contributed by atoms with Gasteiger partial charge in [-0.05, 0) is 25.0 Å². The van der Waals surface area contributed by atoms with Crippen molar-refractivity contribution in [1.29, 1.82) is 0 Å². The molecule has 0 aromatic carbocycles. The summed E-state index contributed by atoms with van der Waals surface area (Å²) in [5, 5.41) is 6.88. The maximum Gasteiger partial charge on any atom is 0.0985 e. The third-order valence-corrected chi connectivity index (χ3v) is 4.16. The highest BCUT2D eigenvalue weighted by Gasteiger charge is 2.17. The zero-order valence-corrected chi connectivity index (χ0v) is 14.0. The van der Waals surface area contributed by atoms with E-state index in [1.54, 1.807) is 11.3 Å². The number of rotatable bonds is 6. The van der Waals surface area contributed by atoms with E-state index < -0.39 is 0 Å². The Balaban J connectivity index is 2.67. The van der Waals surface area contributed by atoms with Crippen LogP contribution in [0, 0.1) is 5.92 Å². The van der Waals surface area contributed by atoms with Crippen LogP contribution in [0.4, 0.5) is 0 Å². The molecule has 0 atom stereocenters. The van der Waals surface area contributed by atoms with Gasteiger partial charge >= 0.3 is 0 Å². The first-order chi connectivity index (χ1) is 8.82. The highest BCUT2D eigenvalue weighted by molar-refractivity contribution is 7.09. The van der Waals surface area contributed by atoms with Gasteiger partial charge in [-0.2, -0.15) is 0 Å². The van der Waals surface area contributed by atoms with Crippen LogP contribution in [-0.2, 0) is 5.41 Å². The minimum Gasteiger partial charge on any atom is -0.313 e. The van der Waals surface area contributed by atoms with Crippen molar-refractivity contribution in [2.75, 3.05) is 13.1 Å². The molecule has 3 heteroatoms. The van der Waals surface area contributed by atoms with Crippen molar-refractivity contribution in [3.05, 3.63) is 21.7 Å². The Hall–Kier alpha value is -0.670. The van der Waals surface area contributed by atoms with Crippen molar-refractivity contribution in [1.82, 2.24) is 10.3 Å². The third kappa shape index (κ3) is 5.87. The second kappa shape index (κ2) is 7.20. The predicted molar refractivity (Wildman–Crippen MR) is 86.8 cm³/mol. The smallest absolute Gasteiger partial charge is 0.0985 e. The summed E-state index contributed by atoms with van der Waals surface area (Å²) < 4.78 is 0. The van der Waals surface area contributed by atoms with E-state index in [1.807, 2.05) is 0 Å². The molecule has 0 spiro atoms. The van der Waals surface area contributed by atoms with Gasteiger partial charge in [-0.1, -0.05) is 47.1 Å². The van der Waals surface area contributed by atoms with Crippen molar-refractivity contribution in [3.63, 3.8) is 0 Å². The minimum atomic E-state index is 0.152. The maximum atomic E-state index is 4.73. The fourth-order valence-electron chi connectivity index (χ4n) is 1.71. The predicted octanol–water partition coefficient (Wildman–Crippen LogP) is 4.48. The zero-order chi connectivity index (χ0) is 14.5. The molecule has 108 valence electrons. The van der Waals surface area contributed by atoms with Crippen molar-refractivity contribution >= 4 is 17.4 Å². The molecule has 0 aliphatic heterocycles. The molecule has 2 nitrogen and oxygen atoms in total. The summed E-state index contributed by atoms with van der Waals surface area (Å²) in [6, 6.07) is 0. The molecule has 0 bridgehead atoms. The molecule has 0 aliphatic rings. The summed E-state index contributed by atoms with van der Waals surface area (Å²) in [6.45, 7) is 15.4. The monoisotopic (exact) mass is 280 g/mol. The topological polar surface area (TPSA) is 24.9 Å². The standard InChI is InChI=1S/C16H28N2S/c1-7-13(10-17-9-12(2)3)8-14-11-19-15(18-14)16(4,5)6/h8,11-12,17H,7,9-10H2,1-6H3. The van der Waals surface area contributed by atoms with Crippen LogP contribution in [0.25, 0.3) is 6.08 Å². The summed E-state index contributed by atoms with van der Waals surface area (Å²) in [5.41, 5.74) is 2.68. The lowest BCUT2D eigenvalue weighted by Gasteiger charge is -2.13. The van der Waals surface area contributed by atoms with E-state index in [4.69, 9.17) is 4.98 Å². The summed E-state index contributed by atoms with van der Waals surface area (Å²) in [5.74, 6) is 0.699. The molecular weight excluding hydrogens is 252 g/mol. The molecule has 1 N–H and O–H groups in total. The van der Waals surface area contributed by atoms with Crippen LogP contribution in [0.3, 0.4) is 0 Å². The average Bonchev–Trinajstić information content (AvgIpc) is 2.75. The largest absolute Gasteiger partial charge is 0.313 e. The van der Waals surface area contributed by atoms with E-state index in [-0.39, 0.29) is 5.41 Å². The van der Waals surface area contributed by atoms with Crippen molar-refractivity contribution in [2.45, 2.75) is 53.4 Å². The first-order valence-electron chi connectivity index (χ1n) is 7.19. The van der Waals surface area contributed by atoms with Crippen LogP contribution in [0.1, 0.15) is 58.7 Å². The van der Waals surface area contributed by atoms with Crippen LogP contribution < -0.4 is 5.32 Å². The first-order valence-corrected chi connectivity index (χ1v) is 8.07. The van der Waals surface area contributed by atoms with Crippen LogP contribution >= 0.6 is 11.3 Å². The van der Waals surface area contributed by atoms with E-state index >= 15 is 0 Å². The number of nitrogens with zero attached hydrogens (tertiary/aromatic N) is 1. The molecule has 0 saturated heterocycles. The van der Waals surface area contributed by atoms with Gasteiger partial charge in [0.2, 0.25) is 0 Å². The Bertz CT molecular complexity index is 411. The van der Waals surface area contributed by atoms with Gasteiger partial charge in [-0.3, -0.25) is 0 Å². The lowest BCUT2D eigenvalue weighted by atomic mass is 9.98. The van der Waals surface area contributed by atoms with Gasteiger partial charge < -0.3 is 5.32 Å². The summed E-state index contributed by atoms with van der Waals surface area (Å²) >= 11 is 1.76. The number of aromatic nitrogens is 1. The van der Waals surface area contributed by atoms with Crippen LogP contribution in [0.15, 0.2) is 11.0 Å². The molecule has 0 unspecified atom stereocenters. The van der Waals surface area contributed by atoms with E-state index in [1.165, 1.54) is 10.6 Å². The Morgan fingerprint density at radius 3 is 2.58 bits per heavy atom. The summed E-state index contributed by atoms with van der Waals surface area (Å²) in [4.78, 5) is 4.73. The first kappa shape index (κ1) is 16.4. The van der Waals surface area contributed by atoms with Crippen molar-refractivity contribution in [3.8, 4) is 0 Å². The molecule has 1 heterocycles. The van der Waals surface area contributed by atoms with Crippen LogP contribution in [-0.4, -0.2) is 18.1 Å². The Kier molecular flexibility index (Phi) is 6.21. The number of hydrogen-bond acceptors (Lipinski definition) is 3. The summed E-state index contributed by atoms with van der Waals surface area (Å²) in [6.07, 6.45) is 3.31. The zero-order valence-electron chi connectivity index (χ0n) is 13.2. The number of nitrogens with one attached hydrogen (secondary N) is 1. The lowest BCUT2D eigenvalue weighted by molar-refractivity contribution is 0.569. The number of hydrogen-bond donors (Lipinski definition) is 1. The normalized spacial score (nSPS) is 13.3. The van der Waals surface area contributed by atoms with Gasteiger partial charge in [0.05, 0.1) is 10.7 Å². The molecule has 0 amide bonds. The Morgan fingerprint density at radius 2 is 2.11 bits per heavy atom.